The molecule has 0 bridgehead atoms. The van der Waals surface area contributed by atoms with Crippen molar-refractivity contribution < 1.29 is 13.1 Å². The zero-order valence-electron chi connectivity index (χ0n) is 11.1. The summed E-state index contributed by atoms with van der Waals surface area (Å²) < 4.78 is 17.2. The summed E-state index contributed by atoms with van der Waals surface area (Å²) in [6, 6.07) is 7.89. The highest BCUT2D eigenvalue weighted by Crippen LogP contribution is 2.36. The number of benzene rings is 1. The molecule has 1 fully saturated rings. The van der Waals surface area contributed by atoms with Crippen LogP contribution in [0.3, 0.4) is 0 Å². The van der Waals surface area contributed by atoms with Crippen LogP contribution in [0.15, 0.2) is 24.3 Å². The van der Waals surface area contributed by atoms with Gasteiger partial charge in [0.05, 0.1) is 17.0 Å². The van der Waals surface area contributed by atoms with E-state index in [1.165, 1.54) is 0 Å². The van der Waals surface area contributed by atoms with Gasteiger partial charge in [-0.1, -0.05) is 12.1 Å². The van der Waals surface area contributed by atoms with Crippen LogP contribution in [0.1, 0.15) is 27.7 Å². The van der Waals surface area contributed by atoms with E-state index in [0.717, 1.165) is 11.2 Å². The summed E-state index contributed by atoms with van der Waals surface area (Å²) in [6.07, 6.45) is 0. The highest BCUT2D eigenvalue weighted by Gasteiger charge is 2.51. The molecule has 0 unspecified atom stereocenters. The van der Waals surface area contributed by atoms with E-state index in [-0.39, 0.29) is 18.3 Å². The normalized spacial score (nSPS) is 21.5. The second kappa shape index (κ2) is 4.33. The van der Waals surface area contributed by atoms with E-state index < -0.39 is 0 Å². The molecule has 90 valence electrons. The van der Waals surface area contributed by atoms with Crippen molar-refractivity contribution in [3.8, 4) is 5.75 Å². The van der Waals surface area contributed by atoms with E-state index in [2.05, 4.69) is 27.7 Å². The van der Waals surface area contributed by atoms with E-state index in [9.17, 15) is 0 Å². The van der Waals surface area contributed by atoms with E-state index in [0.29, 0.717) is 16.6 Å². The van der Waals surface area contributed by atoms with Crippen LogP contribution in [0.5, 0.6) is 5.75 Å². The quantitative estimate of drug-likeness (QED) is 0.728. The van der Waals surface area contributed by atoms with E-state index in [1.807, 2.05) is 24.3 Å². The summed E-state index contributed by atoms with van der Waals surface area (Å²) in [5.74, 6) is 0.900. The summed E-state index contributed by atoms with van der Waals surface area (Å²) in [5.41, 5.74) is 0.459. The Morgan fingerprint density at radius 3 is 1.88 bits per heavy atom. The maximum atomic E-state index is 5.97. The molecular formula is C12H18AlBO3. The lowest BCUT2D eigenvalue weighted by Gasteiger charge is -2.32. The second-order valence-electron chi connectivity index (χ2n) is 5.36. The lowest BCUT2D eigenvalue weighted by Crippen LogP contribution is -2.41. The minimum atomic E-state index is -0.289. The average molecular weight is 248 g/mol. The second-order valence-corrected chi connectivity index (χ2v) is 5.77. The zero-order chi connectivity index (χ0) is 12.7. The van der Waals surface area contributed by atoms with Crippen LogP contribution in [-0.4, -0.2) is 34.9 Å². The molecule has 0 aromatic heterocycles. The monoisotopic (exact) mass is 248 g/mol. The third-order valence-corrected chi connectivity index (χ3v) is 4.11. The van der Waals surface area contributed by atoms with Gasteiger partial charge in [-0.05, 0) is 45.3 Å². The van der Waals surface area contributed by atoms with Crippen LogP contribution < -0.4 is 9.25 Å². The van der Waals surface area contributed by atoms with Crippen molar-refractivity contribution in [3.05, 3.63) is 24.3 Å². The van der Waals surface area contributed by atoms with Gasteiger partial charge in [0.15, 0.2) is 0 Å². The molecule has 0 amide bonds. The standard InChI is InChI=1S/C12H17BO3.Al.2H/c1-11(2)12(3,4)16-13(15-11)9-5-7-10(14)8-6-9;;;/h5-8,14H,1-4H3;;;/q;+1;;/p-1. The van der Waals surface area contributed by atoms with Crippen LogP contribution in [0, 0.1) is 0 Å². The molecule has 17 heavy (non-hydrogen) atoms. The van der Waals surface area contributed by atoms with Gasteiger partial charge < -0.3 is 13.1 Å². The largest absolute Gasteiger partial charge is 0.647 e. The molecule has 0 atom stereocenters. The third-order valence-electron chi connectivity index (χ3n) is 3.64. The summed E-state index contributed by atoms with van der Waals surface area (Å²) >= 11 is 0.706. The topological polar surface area (TPSA) is 27.7 Å². The van der Waals surface area contributed by atoms with Crippen LogP contribution in [0.4, 0.5) is 0 Å². The van der Waals surface area contributed by atoms with E-state index >= 15 is 0 Å². The molecule has 5 heteroatoms. The first-order chi connectivity index (χ1) is 7.86. The van der Waals surface area contributed by atoms with Gasteiger partial charge in [-0.3, -0.25) is 0 Å². The molecule has 1 aliphatic rings. The Morgan fingerprint density at radius 1 is 1.00 bits per heavy atom. The molecule has 1 aliphatic heterocycles. The number of hydrogen-bond acceptors (Lipinski definition) is 3. The highest BCUT2D eigenvalue weighted by molar-refractivity contribution is 6.62. The van der Waals surface area contributed by atoms with Gasteiger partial charge in [0.25, 0.3) is 0 Å². The van der Waals surface area contributed by atoms with Crippen molar-refractivity contribution in [3.63, 3.8) is 0 Å². The van der Waals surface area contributed by atoms with Crippen molar-refractivity contribution in [1.82, 2.24) is 0 Å². The first-order valence-corrected chi connectivity index (χ1v) is 6.67. The Balaban J connectivity index is 2.20. The predicted molar refractivity (Wildman–Crippen MR) is 71.3 cm³/mol. The van der Waals surface area contributed by atoms with E-state index in [1.54, 1.807) is 0 Å². The van der Waals surface area contributed by atoms with Gasteiger partial charge in [-0.25, -0.2) is 0 Å². The summed E-state index contributed by atoms with van der Waals surface area (Å²) in [4.78, 5) is 0. The van der Waals surface area contributed by atoms with Crippen LogP contribution >= 0.6 is 0 Å². The first kappa shape index (κ1) is 13.0. The van der Waals surface area contributed by atoms with Crippen molar-refractivity contribution in [1.29, 1.82) is 0 Å². The van der Waals surface area contributed by atoms with Gasteiger partial charge in [-0.15, -0.1) is 0 Å². The van der Waals surface area contributed by atoms with Gasteiger partial charge in [-0.2, -0.15) is 0 Å². The third kappa shape index (κ3) is 2.39. The Labute approximate surface area is 111 Å². The maximum Gasteiger partial charge on any atom is 0.496 e. The molecule has 1 aromatic carbocycles. The van der Waals surface area contributed by atoms with Crippen molar-refractivity contribution in [2.24, 2.45) is 0 Å². The van der Waals surface area contributed by atoms with Crippen molar-refractivity contribution in [2.75, 3.05) is 0 Å². The molecule has 2 rings (SSSR count). The van der Waals surface area contributed by atoms with Crippen LogP contribution in [-0.2, 0) is 9.31 Å². The molecule has 1 aromatic rings. The smallest absolute Gasteiger partial charge is 0.496 e. The van der Waals surface area contributed by atoms with Crippen molar-refractivity contribution >= 4 is 29.2 Å². The highest BCUT2D eigenvalue weighted by atomic mass is 27.1. The summed E-state index contributed by atoms with van der Waals surface area (Å²) in [5, 5.41) is 0. The van der Waals surface area contributed by atoms with Gasteiger partial charge in [0, 0.05) is 0 Å². The number of hydrogen-bond donors (Lipinski definition) is 0. The molecule has 0 N–H and O–H groups in total. The molecule has 1 saturated heterocycles. The van der Waals surface area contributed by atoms with Crippen molar-refractivity contribution in [2.45, 2.75) is 38.9 Å². The minimum absolute atomic E-state index is 0.287. The molecule has 0 saturated carbocycles. The summed E-state index contributed by atoms with van der Waals surface area (Å²) in [7, 11) is -0.289. The Morgan fingerprint density at radius 2 is 1.47 bits per heavy atom. The fourth-order valence-corrected chi connectivity index (χ4v) is 2.01. The Bertz CT molecular complexity index is 387. The predicted octanol–water partition coefficient (Wildman–Crippen LogP) is 0.913. The molecule has 1 heterocycles. The van der Waals surface area contributed by atoms with Gasteiger partial charge in [0.2, 0.25) is 0 Å². The zero-order valence-corrected chi connectivity index (χ0v) is 13.1. The number of rotatable bonds is 2. The first-order valence-electron chi connectivity index (χ1n) is 5.85. The van der Waals surface area contributed by atoms with Crippen LogP contribution in [0.2, 0.25) is 0 Å². The van der Waals surface area contributed by atoms with Gasteiger partial charge in [0.1, 0.15) is 0 Å². The molecule has 0 radical (unpaired) electrons. The molecule has 0 aliphatic carbocycles. The molecular weight excluding hydrogens is 230 g/mol. The molecule has 3 nitrogen and oxygen atoms in total. The Kier molecular flexibility index (Phi) is 3.31. The fraction of sp³-hybridized carbons (Fsp3) is 0.500. The summed E-state index contributed by atoms with van der Waals surface area (Å²) in [6.45, 7) is 8.23. The maximum absolute atomic E-state index is 5.97. The minimum Gasteiger partial charge on any atom is -0.647 e. The van der Waals surface area contributed by atoms with E-state index in [4.69, 9.17) is 13.1 Å². The molecule has 0 spiro atoms. The average Bonchev–Trinajstić information content (AvgIpc) is 2.48. The lowest BCUT2D eigenvalue weighted by atomic mass is 9.79. The fourth-order valence-electron chi connectivity index (χ4n) is 1.74. The SMILES string of the molecule is CC1(C)OB(c2ccc([O][AlH2])cc2)OC1(C)C. The van der Waals surface area contributed by atoms with Gasteiger partial charge >= 0.3 is 23.7 Å². The van der Waals surface area contributed by atoms with Crippen LogP contribution in [0.25, 0.3) is 0 Å². The Hall–Kier alpha value is -0.463. The lowest BCUT2D eigenvalue weighted by molar-refractivity contribution is 0.00578.